The summed E-state index contributed by atoms with van der Waals surface area (Å²) < 4.78 is 1.64. The second-order valence-electron chi connectivity index (χ2n) is 4.61. The van der Waals surface area contributed by atoms with E-state index in [1.807, 2.05) is 24.3 Å². The van der Waals surface area contributed by atoms with Crippen molar-refractivity contribution < 1.29 is 14.7 Å². The third-order valence-corrected chi connectivity index (χ3v) is 4.42. The van der Waals surface area contributed by atoms with Crippen molar-refractivity contribution in [2.75, 3.05) is 5.32 Å². The van der Waals surface area contributed by atoms with Gasteiger partial charge in [0.25, 0.3) is 0 Å². The Morgan fingerprint density at radius 2 is 1.80 bits per heavy atom. The minimum Gasteiger partial charge on any atom is -0.481 e. The minimum atomic E-state index is -0.927. The van der Waals surface area contributed by atoms with Crippen molar-refractivity contribution in [3.8, 4) is 0 Å². The maximum absolute atomic E-state index is 12.3. The molecule has 1 aliphatic carbocycles. The molecule has 0 bridgehead atoms. The summed E-state index contributed by atoms with van der Waals surface area (Å²) in [5.41, 5.74) is 0.636. The number of benzene rings is 1. The maximum atomic E-state index is 12.3. The predicted molar refractivity (Wildman–Crippen MR) is 83.5 cm³/mol. The van der Waals surface area contributed by atoms with E-state index in [4.69, 9.17) is 0 Å². The number of rotatable bonds is 3. The van der Waals surface area contributed by atoms with E-state index in [0.29, 0.717) is 18.5 Å². The molecule has 106 valence electrons. The van der Waals surface area contributed by atoms with Crippen LogP contribution in [0.1, 0.15) is 12.8 Å². The lowest BCUT2D eigenvalue weighted by molar-refractivity contribution is -0.146. The van der Waals surface area contributed by atoms with Gasteiger partial charge in [-0.3, -0.25) is 9.59 Å². The van der Waals surface area contributed by atoms with Crippen LogP contribution in [-0.2, 0) is 9.59 Å². The van der Waals surface area contributed by atoms with E-state index in [1.165, 1.54) is 0 Å². The Bertz CT molecular complexity index is 572. The van der Waals surface area contributed by atoms with Crippen molar-refractivity contribution in [2.24, 2.45) is 11.8 Å². The van der Waals surface area contributed by atoms with Gasteiger partial charge in [-0.1, -0.05) is 28.1 Å². The normalized spacial score (nSPS) is 21.5. The van der Waals surface area contributed by atoms with E-state index < -0.39 is 17.8 Å². The summed E-state index contributed by atoms with van der Waals surface area (Å²) in [6, 6.07) is 5.40. The number of hydrogen-bond donors (Lipinski definition) is 2. The molecule has 1 aromatic carbocycles. The third-order valence-electron chi connectivity index (χ3n) is 3.28. The molecule has 0 spiro atoms. The number of nitrogens with one attached hydrogen (secondary N) is 1. The number of aliphatic carboxylic acids is 1. The van der Waals surface area contributed by atoms with Crippen molar-refractivity contribution in [3.63, 3.8) is 0 Å². The average molecular weight is 403 g/mol. The number of allylic oxidation sites excluding steroid dienone is 2. The van der Waals surface area contributed by atoms with Gasteiger partial charge in [0.1, 0.15) is 0 Å². The summed E-state index contributed by atoms with van der Waals surface area (Å²) in [6.07, 6.45) is 4.53. The average Bonchev–Trinajstić information content (AvgIpc) is 2.41. The SMILES string of the molecule is O=C(O)[C@H]1CC=CC[C@@H]1C(=O)Nc1ccc(Br)cc1Br. The summed E-state index contributed by atoms with van der Waals surface area (Å²) >= 11 is 6.71. The molecule has 2 rings (SSSR count). The summed E-state index contributed by atoms with van der Waals surface area (Å²) in [5.74, 6) is -2.38. The lowest BCUT2D eigenvalue weighted by atomic mass is 9.82. The molecular formula is C14H13Br2NO3. The highest BCUT2D eigenvalue weighted by Gasteiger charge is 2.34. The molecule has 4 nitrogen and oxygen atoms in total. The van der Waals surface area contributed by atoms with Gasteiger partial charge in [-0.15, -0.1) is 0 Å². The number of anilines is 1. The van der Waals surface area contributed by atoms with Crippen LogP contribution in [0, 0.1) is 11.8 Å². The third kappa shape index (κ3) is 3.49. The van der Waals surface area contributed by atoms with Gasteiger partial charge >= 0.3 is 5.97 Å². The zero-order chi connectivity index (χ0) is 14.7. The molecule has 0 heterocycles. The quantitative estimate of drug-likeness (QED) is 0.755. The number of carbonyl (C=O) groups is 2. The zero-order valence-electron chi connectivity index (χ0n) is 10.5. The van der Waals surface area contributed by atoms with Crippen LogP contribution >= 0.6 is 31.9 Å². The Hall–Kier alpha value is -1.14. The van der Waals surface area contributed by atoms with Crippen LogP contribution < -0.4 is 5.32 Å². The Balaban J connectivity index is 2.14. The number of hydrogen-bond acceptors (Lipinski definition) is 2. The molecule has 1 aromatic rings. The molecule has 2 atom stereocenters. The van der Waals surface area contributed by atoms with Gasteiger partial charge in [0.05, 0.1) is 17.5 Å². The second-order valence-corrected chi connectivity index (χ2v) is 6.38. The first kappa shape index (κ1) is 15.3. The fourth-order valence-electron chi connectivity index (χ4n) is 2.19. The number of carbonyl (C=O) groups excluding carboxylic acids is 1. The molecule has 2 N–H and O–H groups in total. The molecule has 0 fully saturated rings. The number of carboxylic acid groups (broad SMARTS) is 1. The van der Waals surface area contributed by atoms with Gasteiger partial charge in [0.15, 0.2) is 0 Å². The molecule has 6 heteroatoms. The molecule has 0 saturated heterocycles. The van der Waals surface area contributed by atoms with Gasteiger partial charge in [-0.2, -0.15) is 0 Å². The lowest BCUT2D eigenvalue weighted by Crippen LogP contribution is -2.34. The fraction of sp³-hybridized carbons (Fsp3) is 0.286. The number of amides is 1. The summed E-state index contributed by atoms with van der Waals surface area (Å²) in [6.45, 7) is 0. The molecule has 1 aliphatic rings. The number of halogens is 2. The lowest BCUT2D eigenvalue weighted by Gasteiger charge is -2.24. The summed E-state index contributed by atoms with van der Waals surface area (Å²) in [5, 5.41) is 12.0. The van der Waals surface area contributed by atoms with Crippen LogP contribution in [0.15, 0.2) is 39.3 Å². The van der Waals surface area contributed by atoms with Crippen LogP contribution in [-0.4, -0.2) is 17.0 Å². The van der Waals surface area contributed by atoms with E-state index >= 15 is 0 Å². The molecule has 0 aromatic heterocycles. The Morgan fingerprint density at radius 1 is 1.15 bits per heavy atom. The van der Waals surface area contributed by atoms with Crippen molar-refractivity contribution in [1.82, 2.24) is 0 Å². The summed E-state index contributed by atoms with van der Waals surface area (Å²) in [4.78, 5) is 23.5. The zero-order valence-corrected chi connectivity index (χ0v) is 13.6. The molecule has 20 heavy (non-hydrogen) atoms. The molecule has 0 radical (unpaired) electrons. The van der Waals surface area contributed by atoms with E-state index in [9.17, 15) is 14.7 Å². The van der Waals surface area contributed by atoms with Crippen LogP contribution in [0.25, 0.3) is 0 Å². The highest BCUT2D eigenvalue weighted by molar-refractivity contribution is 9.11. The Labute approximate surface area is 133 Å². The van der Waals surface area contributed by atoms with E-state index in [-0.39, 0.29) is 5.91 Å². The number of carboxylic acids is 1. The Morgan fingerprint density at radius 3 is 2.40 bits per heavy atom. The minimum absolute atomic E-state index is 0.259. The van der Waals surface area contributed by atoms with E-state index in [0.717, 1.165) is 8.95 Å². The molecule has 0 aliphatic heterocycles. The van der Waals surface area contributed by atoms with Crippen LogP contribution in [0.4, 0.5) is 5.69 Å². The molecule has 0 unspecified atom stereocenters. The second kappa shape index (κ2) is 6.54. The largest absolute Gasteiger partial charge is 0.481 e. The van der Waals surface area contributed by atoms with E-state index in [2.05, 4.69) is 37.2 Å². The van der Waals surface area contributed by atoms with Crippen molar-refractivity contribution >= 4 is 49.4 Å². The monoisotopic (exact) mass is 401 g/mol. The predicted octanol–water partition coefficient (Wildman–Crippen LogP) is 3.82. The van der Waals surface area contributed by atoms with Gasteiger partial charge in [-0.05, 0) is 47.0 Å². The topological polar surface area (TPSA) is 66.4 Å². The van der Waals surface area contributed by atoms with Gasteiger partial charge < -0.3 is 10.4 Å². The smallest absolute Gasteiger partial charge is 0.307 e. The van der Waals surface area contributed by atoms with Gasteiger partial charge in [0.2, 0.25) is 5.91 Å². The molecule has 0 saturated carbocycles. The highest BCUT2D eigenvalue weighted by Crippen LogP contribution is 2.30. The fourth-order valence-corrected chi connectivity index (χ4v) is 3.34. The highest BCUT2D eigenvalue weighted by atomic mass is 79.9. The van der Waals surface area contributed by atoms with Crippen molar-refractivity contribution in [1.29, 1.82) is 0 Å². The molecule has 1 amide bonds. The van der Waals surface area contributed by atoms with Gasteiger partial charge in [-0.25, -0.2) is 0 Å². The molecular weight excluding hydrogens is 390 g/mol. The van der Waals surface area contributed by atoms with Gasteiger partial charge in [0, 0.05) is 8.95 Å². The standard InChI is InChI=1S/C14H13Br2NO3/c15-8-5-6-12(11(16)7-8)17-13(18)9-3-1-2-4-10(9)14(19)20/h1-2,5-7,9-10H,3-4H2,(H,17,18)(H,19,20)/t9-,10-/m0/s1. The van der Waals surface area contributed by atoms with Crippen molar-refractivity contribution in [2.45, 2.75) is 12.8 Å². The summed E-state index contributed by atoms with van der Waals surface area (Å²) in [7, 11) is 0. The van der Waals surface area contributed by atoms with Crippen LogP contribution in [0.5, 0.6) is 0 Å². The maximum Gasteiger partial charge on any atom is 0.307 e. The first-order valence-electron chi connectivity index (χ1n) is 6.12. The Kier molecular flexibility index (Phi) is 4.99. The van der Waals surface area contributed by atoms with Crippen LogP contribution in [0.2, 0.25) is 0 Å². The van der Waals surface area contributed by atoms with Crippen molar-refractivity contribution in [3.05, 3.63) is 39.3 Å². The first-order valence-corrected chi connectivity index (χ1v) is 7.71. The van der Waals surface area contributed by atoms with Crippen LogP contribution in [0.3, 0.4) is 0 Å². The first-order chi connectivity index (χ1) is 9.49. The van der Waals surface area contributed by atoms with E-state index in [1.54, 1.807) is 6.07 Å².